The van der Waals surface area contributed by atoms with Crippen molar-refractivity contribution < 1.29 is 14.6 Å². The minimum Gasteiger partial charge on any atom is -0.506 e. The molecule has 1 fully saturated rings. The minimum absolute atomic E-state index is 0.157. The van der Waals surface area contributed by atoms with Crippen molar-refractivity contribution in [3.63, 3.8) is 0 Å². The first-order chi connectivity index (χ1) is 12.2. The van der Waals surface area contributed by atoms with E-state index in [1.165, 1.54) is 0 Å². The Hall–Kier alpha value is -2.44. The molecule has 2 N–H and O–H groups in total. The monoisotopic (exact) mass is 348 g/mol. The van der Waals surface area contributed by atoms with Gasteiger partial charge in [0.05, 0.1) is 12.3 Å². The number of aromatic hydroxyl groups is 1. The molecule has 7 heteroatoms. The molecule has 0 saturated carbocycles. The number of aliphatic imine (C=N–C) groups is 1. The number of phenolic OH excluding ortho intramolecular Hbond substituents is 1. The van der Waals surface area contributed by atoms with Crippen molar-refractivity contribution in [2.45, 2.75) is 19.8 Å². The predicted molar refractivity (Wildman–Crippen MR) is 99.1 cm³/mol. The van der Waals surface area contributed by atoms with Crippen LogP contribution in [0.4, 0.5) is 5.69 Å². The summed E-state index contributed by atoms with van der Waals surface area (Å²) in [6, 6.07) is 7.42. The lowest BCUT2D eigenvalue weighted by atomic mass is 10.2. The summed E-state index contributed by atoms with van der Waals surface area (Å²) in [6.07, 6.45) is 1.13. The lowest BCUT2D eigenvalue weighted by Gasteiger charge is -2.37. The molecule has 1 aromatic carbocycles. The van der Waals surface area contributed by atoms with Crippen LogP contribution in [0.25, 0.3) is 0 Å². The van der Waals surface area contributed by atoms with E-state index >= 15 is 0 Å². The number of nitrogens with one attached hydrogen (secondary N) is 1. The molecule has 2 rings (SSSR count). The molecule has 25 heavy (non-hydrogen) atoms. The van der Waals surface area contributed by atoms with Gasteiger partial charge in [-0.05, 0) is 25.5 Å². The van der Waals surface area contributed by atoms with Crippen LogP contribution < -0.4 is 10.2 Å². The Bertz CT molecular complexity index is 583. The van der Waals surface area contributed by atoms with Crippen LogP contribution in [0.1, 0.15) is 19.8 Å². The van der Waals surface area contributed by atoms with E-state index in [0.29, 0.717) is 25.3 Å². The maximum atomic E-state index is 11.3. The third kappa shape index (κ3) is 5.55. The molecule has 1 saturated heterocycles. The maximum absolute atomic E-state index is 11.3. The molecule has 1 aliphatic rings. The normalized spacial score (nSPS) is 15.2. The van der Waals surface area contributed by atoms with E-state index in [0.717, 1.165) is 44.2 Å². The number of anilines is 1. The third-order valence-electron chi connectivity index (χ3n) is 4.16. The van der Waals surface area contributed by atoms with E-state index in [4.69, 9.17) is 4.74 Å². The second kappa shape index (κ2) is 9.76. The topological polar surface area (TPSA) is 77.4 Å². The van der Waals surface area contributed by atoms with Crippen LogP contribution in [0, 0.1) is 0 Å². The van der Waals surface area contributed by atoms with Gasteiger partial charge in [0.1, 0.15) is 5.75 Å². The van der Waals surface area contributed by atoms with E-state index in [1.807, 2.05) is 25.1 Å². The Kier molecular flexibility index (Phi) is 7.37. The molecule has 0 atom stereocenters. The van der Waals surface area contributed by atoms with Crippen molar-refractivity contribution in [2.75, 3.05) is 51.3 Å². The molecule has 0 radical (unpaired) electrons. The van der Waals surface area contributed by atoms with Gasteiger partial charge >= 0.3 is 5.97 Å². The fourth-order valence-electron chi connectivity index (χ4n) is 2.89. The van der Waals surface area contributed by atoms with Crippen LogP contribution in [0.2, 0.25) is 0 Å². The fraction of sp³-hybridized carbons (Fsp3) is 0.556. The van der Waals surface area contributed by atoms with E-state index in [9.17, 15) is 9.90 Å². The molecular weight excluding hydrogens is 320 g/mol. The average molecular weight is 348 g/mol. The lowest BCUT2D eigenvalue weighted by Crippen LogP contribution is -2.52. The molecule has 0 aliphatic carbocycles. The number of guanidine groups is 1. The van der Waals surface area contributed by atoms with Gasteiger partial charge in [-0.2, -0.15) is 0 Å². The molecule has 0 bridgehead atoms. The number of hydrogen-bond donors (Lipinski definition) is 2. The van der Waals surface area contributed by atoms with Crippen LogP contribution in [-0.2, 0) is 9.53 Å². The first-order valence-electron chi connectivity index (χ1n) is 8.80. The second-order valence-corrected chi connectivity index (χ2v) is 5.85. The Morgan fingerprint density at radius 3 is 2.64 bits per heavy atom. The third-order valence-corrected chi connectivity index (χ3v) is 4.16. The quantitative estimate of drug-likeness (QED) is 0.351. The molecule has 1 aliphatic heterocycles. The highest BCUT2D eigenvalue weighted by atomic mass is 16.5. The Morgan fingerprint density at radius 2 is 2.00 bits per heavy atom. The summed E-state index contributed by atoms with van der Waals surface area (Å²) in [5.41, 5.74) is 0.875. The highest BCUT2D eigenvalue weighted by Crippen LogP contribution is 2.27. The molecule has 0 unspecified atom stereocenters. The predicted octanol–water partition coefficient (Wildman–Crippen LogP) is 1.43. The van der Waals surface area contributed by atoms with Gasteiger partial charge in [0.25, 0.3) is 0 Å². The number of carbonyl (C=O) groups is 1. The van der Waals surface area contributed by atoms with Crippen molar-refractivity contribution in [1.82, 2.24) is 10.2 Å². The Balaban J connectivity index is 1.76. The Morgan fingerprint density at radius 1 is 1.28 bits per heavy atom. The summed E-state index contributed by atoms with van der Waals surface area (Å²) in [4.78, 5) is 20.0. The van der Waals surface area contributed by atoms with Crippen molar-refractivity contribution in [3.05, 3.63) is 24.3 Å². The zero-order valence-corrected chi connectivity index (χ0v) is 15.1. The Labute approximate surface area is 149 Å². The summed E-state index contributed by atoms with van der Waals surface area (Å²) >= 11 is 0. The van der Waals surface area contributed by atoms with E-state index in [-0.39, 0.29) is 5.97 Å². The van der Waals surface area contributed by atoms with Crippen LogP contribution in [0.5, 0.6) is 5.75 Å². The smallest absolute Gasteiger partial charge is 0.305 e. The first kappa shape index (κ1) is 18.9. The number of nitrogens with zero attached hydrogens (tertiary/aromatic N) is 3. The van der Waals surface area contributed by atoms with Crippen LogP contribution >= 0.6 is 0 Å². The number of ether oxygens (including phenoxy) is 1. The van der Waals surface area contributed by atoms with Gasteiger partial charge in [0.2, 0.25) is 0 Å². The standard InChI is InChI=1S/C18H28N4O3/c1-3-25-17(24)9-6-10-20-18(19-2)22-13-11-21(12-14-22)15-7-4-5-8-16(15)23/h4-5,7-8,23H,3,6,9-14H2,1-2H3,(H,19,20). The van der Waals surface area contributed by atoms with E-state index < -0.39 is 0 Å². The number of para-hydroxylation sites is 2. The van der Waals surface area contributed by atoms with Gasteiger partial charge < -0.3 is 25.0 Å². The summed E-state index contributed by atoms with van der Waals surface area (Å²) < 4.78 is 4.92. The lowest BCUT2D eigenvalue weighted by molar-refractivity contribution is -0.143. The molecular formula is C18H28N4O3. The van der Waals surface area contributed by atoms with Gasteiger partial charge in [-0.3, -0.25) is 9.79 Å². The number of benzene rings is 1. The van der Waals surface area contributed by atoms with Gasteiger partial charge in [-0.15, -0.1) is 0 Å². The molecule has 0 aromatic heterocycles. The highest BCUT2D eigenvalue weighted by molar-refractivity contribution is 5.80. The molecule has 138 valence electrons. The second-order valence-electron chi connectivity index (χ2n) is 5.85. The summed E-state index contributed by atoms with van der Waals surface area (Å²) in [6.45, 7) is 6.22. The van der Waals surface area contributed by atoms with Crippen LogP contribution in [-0.4, -0.2) is 68.3 Å². The zero-order chi connectivity index (χ0) is 18.1. The van der Waals surface area contributed by atoms with Gasteiger partial charge in [-0.25, -0.2) is 0 Å². The maximum Gasteiger partial charge on any atom is 0.305 e. The summed E-state index contributed by atoms with van der Waals surface area (Å²) in [5, 5.41) is 13.3. The number of piperazine rings is 1. The van der Waals surface area contributed by atoms with Crippen molar-refractivity contribution in [2.24, 2.45) is 4.99 Å². The number of carbonyl (C=O) groups excluding carboxylic acids is 1. The minimum atomic E-state index is -0.157. The van der Waals surface area contributed by atoms with Crippen molar-refractivity contribution in [1.29, 1.82) is 0 Å². The summed E-state index contributed by atoms with van der Waals surface area (Å²) in [5.74, 6) is 1.01. The summed E-state index contributed by atoms with van der Waals surface area (Å²) in [7, 11) is 1.77. The highest BCUT2D eigenvalue weighted by Gasteiger charge is 2.21. The largest absolute Gasteiger partial charge is 0.506 e. The van der Waals surface area contributed by atoms with Gasteiger partial charge in [0, 0.05) is 46.2 Å². The van der Waals surface area contributed by atoms with E-state index in [2.05, 4.69) is 20.1 Å². The number of phenols is 1. The zero-order valence-electron chi connectivity index (χ0n) is 15.1. The van der Waals surface area contributed by atoms with Gasteiger partial charge in [-0.1, -0.05) is 12.1 Å². The molecule has 0 spiro atoms. The number of rotatable bonds is 6. The number of esters is 1. The van der Waals surface area contributed by atoms with Crippen LogP contribution in [0.15, 0.2) is 29.3 Å². The molecule has 0 amide bonds. The van der Waals surface area contributed by atoms with E-state index in [1.54, 1.807) is 13.1 Å². The fourth-order valence-corrected chi connectivity index (χ4v) is 2.89. The van der Waals surface area contributed by atoms with Crippen molar-refractivity contribution >= 4 is 17.6 Å². The van der Waals surface area contributed by atoms with Gasteiger partial charge in [0.15, 0.2) is 5.96 Å². The van der Waals surface area contributed by atoms with Crippen molar-refractivity contribution in [3.8, 4) is 5.75 Å². The average Bonchev–Trinajstić information content (AvgIpc) is 2.63. The molecule has 1 heterocycles. The van der Waals surface area contributed by atoms with Crippen LogP contribution in [0.3, 0.4) is 0 Å². The SMILES string of the molecule is CCOC(=O)CCCNC(=NC)N1CCN(c2ccccc2O)CC1. The first-order valence-corrected chi connectivity index (χ1v) is 8.80. The molecule has 1 aromatic rings. The molecule has 7 nitrogen and oxygen atoms in total. The number of hydrogen-bond acceptors (Lipinski definition) is 5.